The predicted octanol–water partition coefficient (Wildman–Crippen LogP) is 2.76. The lowest BCUT2D eigenvalue weighted by Gasteiger charge is -2.42. The van der Waals surface area contributed by atoms with Crippen LogP contribution < -0.4 is 5.73 Å². The minimum Gasteiger partial charge on any atom is -0.338 e. The van der Waals surface area contributed by atoms with Gasteiger partial charge in [0, 0.05) is 24.7 Å². The van der Waals surface area contributed by atoms with Gasteiger partial charge in [-0.05, 0) is 42.5 Å². The molecule has 0 aliphatic carbocycles. The molecule has 2 rings (SSSR count). The average Bonchev–Trinajstić information content (AvgIpc) is 2.32. The Bertz CT molecular complexity index is 505. The van der Waals surface area contributed by atoms with E-state index in [0.29, 0.717) is 24.2 Å². The molecule has 1 saturated heterocycles. The molecule has 1 fully saturated rings. The molecule has 3 nitrogen and oxygen atoms in total. The lowest BCUT2D eigenvalue weighted by molar-refractivity contribution is 0.0532. The van der Waals surface area contributed by atoms with Crippen LogP contribution in [-0.2, 0) is 0 Å². The van der Waals surface area contributed by atoms with Crippen molar-refractivity contribution in [2.75, 3.05) is 13.1 Å². The molecule has 1 aliphatic heterocycles. The van der Waals surface area contributed by atoms with Crippen LogP contribution in [0.5, 0.6) is 0 Å². The van der Waals surface area contributed by atoms with Crippen LogP contribution in [0.1, 0.15) is 36.2 Å². The largest absolute Gasteiger partial charge is 0.338 e. The quantitative estimate of drug-likeness (QED) is 0.867. The second-order valence-corrected chi connectivity index (χ2v) is 6.07. The van der Waals surface area contributed by atoms with Gasteiger partial charge in [0.2, 0.25) is 0 Å². The molecule has 0 spiro atoms. The number of nitrogens with zero attached hydrogens (tertiary/aromatic N) is 1. The number of rotatable bonds is 1. The number of aryl methyl sites for hydroxylation is 1. The lowest BCUT2D eigenvalue weighted by Crippen LogP contribution is -2.54. The van der Waals surface area contributed by atoms with Crippen molar-refractivity contribution in [3.8, 4) is 0 Å². The van der Waals surface area contributed by atoms with Gasteiger partial charge >= 0.3 is 0 Å². The third kappa shape index (κ3) is 3.30. The van der Waals surface area contributed by atoms with Gasteiger partial charge in [0.15, 0.2) is 0 Å². The van der Waals surface area contributed by atoms with E-state index < -0.39 is 0 Å². The van der Waals surface area contributed by atoms with Gasteiger partial charge in [0.05, 0.1) is 0 Å². The Morgan fingerprint density at radius 2 is 2.10 bits per heavy atom. The number of nitrogens with two attached hydrogens (primary N) is 1. The SMILES string of the molecule is Cc1cc(F)ccc1C(=O)N1CCC(N)C(C)(C)C1.Cl. The number of halogens is 2. The smallest absolute Gasteiger partial charge is 0.254 e. The van der Waals surface area contributed by atoms with Crippen molar-refractivity contribution in [3.05, 3.63) is 35.1 Å². The molecule has 5 heteroatoms. The highest BCUT2D eigenvalue weighted by molar-refractivity contribution is 5.95. The number of amides is 1. The molecule has 0 radical (unpaired) electrons. The molecule has 1 unspecified atom stereocenters. The zero-order valence-electron chi connectivity index (χ0n) is 12.1. The first-order valence-electron chi connectivity index (χ1n) is 6.62. The molecule has 0 saturated carbocycles. The Balaban J connectivity index is 0.00000200. The fourth-order valence-corrected chi connectivity index (χ4v) is 2.58. The Kier molecular flexibility index (Phi) is 5.16. The topological polar surface area (TPSA) is 46.3 Å². The molecule has 1 aromatic rings. The van der Waals surface area contributed by atoms with Crippen molar-refractivity contribution in [2.24, 2.45) is 11.1 Å². The Morgan fingerprint density at radius 3 is 2.65 bits per heavy atom. The van der Waals surface area contributed by atoms with Crippen LogP contribution in [0.4, 0.5) is 4.39 Å². The van der Waals surface area contributed by atoms with E-state index in [9.17, 15) is 9.18 Å². The number of likely N-dealkylation sites (tertiary alicyclic amines) is 1. The fourth-order valence-electron chi connectivity index (χ4n) is 2.58. The van der Waals surface area contributed by atoms with Crippen molar-refractivity contribution < 1.29 is 9.18 Å². The molecule has 1 aromatic carbocycles. The normalized spacial score (nSPS) is 21.2. The molecular weight excluding hydrogens is 279 g/mol. The van der Waals surface area contributed by atoms with Gasteiger partial charge in [0.25, 0.3) is 5.91 Å². The maximum Gasteiger partial charge on any atom is 0.254 e. The summed E-state index contributed by atoms with van der Waals surface area (Å²) in [6, 6.07) is 4.41. The summed E-state index contributed by atoms with van der Waals surface area (Å²) < 4.78 is 13.1. The first-order chi connectivity index (χ1) is 8.81. The van der Waals surface area contributed by atoms with Gasteiger partial charge in [-0.2, -0.15) is 0 Å². The summed E-state index contributed by atoms with van der Waals surface area (Å²) in [6.45, 7) is 7.23. The Hall–Kier alpha value is -1.13. The summed E-state index contributed by atoms with van der Waals surface area (Å²) in [7, 11) is 0. The fraction of sp³-hybridized carbons (Fsp3) is 0.533. The van der Waals surface area contributed by atoms with Gasteiger partial charge in [-0.3, -0.25) is 4.79 Å². The molecule has 1 aliphatic rings. The van der Waals surface area contributed by atoms with E-state index in [1.165, 1.54) is 12.1 Å². The lowest BCUT2D eigenvalue weighted by atomic mass is 9.79. The number of carbonyl (C=O) groups is 1. The number of hydrogen-bond acceptors (Lipinski definition) is 2. The van der Waals surface area contributed by atoms with Gasteiger partial charge in [-0.15, -0.1) is 12.4 Å². The minimum absolute atomic E-state index is 0. The summed E-state index contributed by atoms with van der Waals surface area (Å²) in [5, 5.41) is 0. The van der Waals surface area contributed by atoms with Crippen LogP contribution in [0.2, 0.25) is 0 Å². The highest BCUT2D eigenvalue weighted by Crippen LogP contribution is 2.29. The third-order valence-electron chi connectivity index (χ3n) is 4.02. The van der Waals surface area contributed by atoms with E-state index in [1.807, 2.05) is 4.90 Å². The number of carbonyl (C=O) groups excluding carboxylic acids is 1. The van der Waals surface area contributed by atoms with Crippen LogP contribution in [-0.4, -0.2) is 29.9 Å². The molecule has 0 aromatic heterocycles. The van der Waals surface area contributed by atoms with Gasteiger partial charge in [-0.1, -0.05) is 13.8 Å². The Labute approximate surface area is 125 Å². The van der Waals surface area contributed by atoms with E-state index in [2.05, 4.69) is 13.8 Å². The minimum atomic E-state index is -0.310. The zero-order chi connectivity index (χ0) is 14.2. The number of benzene rings is 1. The van der Waals surface area contributed by atoms with Crippen LogP contribution in [0.3, 0.4) is 0 Å². The maximum absolute atomic E-state index is 13.1. The molecule has 112 valence electrons. The van der Waals surface area contributed by atoms with Crippen LogP contribution in [0.15, 0.2) is 18.2 Å². The van der Waals surface area contributed by atoms with Crippen molar-refractivity contribution in [3.63, 3.8) is 0 Å². The van der Waals surface area contributed by atoms with Crippen LogP contribution >= 0.6 is 12.4 Å². The molecule has 0 bridgehead atoms. The second-order valence-electron chi connectivity index (χ2n) is 6.07. The predicted molar refractivity (Wildman–Crippen MR) is 80.7 cm³/mol. The second kappa shape index (κ2) is 6.10. The summed E-state index contributed by atoms with van der Waals surface area (Å²) in [6.07, 6.45) is 0.805. The zero-order valence-corrected chi connectivity index (χ0v) is 13.0. The standard InChI is InChI=1S/C15H21FN2O.ClH/c1-10-8-11(16)4-5-12(10)14(19)18-7-6-13(17)15(2,3)9-18;/h4-5,8,13H,6-7,9,17H2,1-3H3;1H. The average molecular weight is 301 g/mol. The summed E-state index contributed by atoms with van der Waals surface area (Å²) in [5.41, 5.74) is 7.25. The van der Waals surface area contributed by atoms with E-state index in [0.717, 1.165) is 6.42 Å². The van der Waals surface area contributed by atoms with Crippen molar-refractivity contribution in [2.45, 2.75) is 33.2 Å². The summed E-state index contributed by atoms with van der Waals surface area (Å²) in [4.78, 5) is 14.3. The molecule has 1 amide bonds. The summed E-state index contributed by atoms with van der Waals surface area (Å²) in [5.74, 6) is -0.340. The molecule has 1 heterocycles. The Morgan fingerprint density at radius 1 is 1.45 bits per heavy atom. The first-order valence-corrected chi connectivity index (χ1v) is 6.62. The highest BCUT2D eigenvalue weighted by atomic mass is 35.5. The number of piperidine rings is 1. The monoisotopic (exact) mass is 300 g/mol. The van der Waals surface area contributed by atoms with Gasteiger partial charge in [0.1, 0.15) is 5.82 Å². The highest BCUT2D eigenvalue weighted by Gasteiger charge is 2.35. The third-order valence-corrected chi connectivity index (χ3v) is 4.02. The molecule has 1 atom stereocenters. The first kappa shape index (κ1) is 16.9. The number of hydrogen-bond donors (Lipinski definition) is 1. The van der Waals surface area contributed by atoms with Gasteiger partial charge < -0.3 is 10.6 Å². The molecule has 20 heavy (non-hydrogen) atoms. The van der Waals surface area contributed by atoms with E-state index in [-0.39, 0.29) is 35.6 Å². The van der Waals surface area contributed by atoms with Crippen LogP contribution in [0, 0.1) is 18.2 Å². The summed E-state index contributed by atoms with van der Waals surface area (Å²) >= 11 is 0. The van der Waals surface area contributed by atoms with Gasteiger partial charge in [-0.25, -0.2) is 4.39 Å². The van der Waals surface area contributed by atoms with E-state index in [4.69, 9.17) is 5.73 Å². The van der Waals surface area contributed by atoms with Crippen molar-refractivity contribution >= 4 is 18.3 Å². The van der Waals surface area contributed by atoms with E-state index in [1.54, 1.807) is 13.0 Å². The van der Waals surface area contributed by atoms with Crippen LogP contribution in [0.25, 0.3) is 0 Å². The molecular formula is C15H22ClFN2O. The maximum atomic E-state index is 13.1. The molecule has 2 N–H and O–H groups in total. The van der Waals surface area contributed by atoms with Crippen molar-refractivity contribution in [1.82, 2.24) is 4.90 Å². The van der Waals surface area contributed by atoms with E-state index >= 15 is 0 Å². The van der Waals surface area contributed by atoms with Crippen molar-refractivity contribution in [1.29, 1.82) is 0 Å².